The van der Waals surface area contributed by atoms with Crippen LogP contribution in [-0.2, 0) is 11.2 Å². The lowest BCUT2D eigenvalue weighted by Crippen LogP contribution is -2.36. The Morgan fingerprint density at radius 3 is 2.30 bits per heavy atom. The molecule has 0 aliphatic heterocycles. The van der Waals surface area contributed by atoms with E-state index in [1.807, 2.05) is 36.4 Å². The van der Waals surface area contributed by atoms with E-state index in [0.717, 1.165) is 27.8 Å². The van der Waals surface area contributed by atoms with Crippen LogP contribution >= 0.6 is 0 Å². The van der Waals surface area contributed by atoms with Crippen molar-refractivity contribution in [1.29, 1.82) is 0 Å². The van der Waals surface area contributed by atoms with Gasteiger partial charge in [-0.3, -0.25) is 4.79 Å². The second kappa shape index (κ2) is 8.81. The summed E-state index contributed by atoms with van der Waals surface area (Å²) >= 11 is 0. The minimum atomic E-state index is -1.21. The van der Waals surface area contributed by atoms with E-state index in [0.29, 0.717) is 24.0 Å². The van der Waals surface area contributed by atoms with Gasteiger partial charge in [-0.05, 0) is 39.8 Å². The molecule has 6 heteroatoms. The zero-order chi connectivity index (χ0) is 22.9. The maximum absolute atomic E-state index is 12.3. The average Bonchev–Trinajstić information content (AvgIpc) is 3.38. The van der Waals surface area contributed by atoms with Crippen molar-refractivity contribution in [3.8, 4) is 11.1 Å². The van der Waals surface area contributed by atoms with Crippen LogP contribution in [0.2, 0.25) is 0 Å². The minimum Gasteiger partial charge on any atom is -0.449 e. The second-order valence-corrected chi connectivity index (χ2v) is 8.56. The number of Topliss-reactive ketones (excluding diaryl/α,β-unsaturated/α-hetero) is 1. The molecule has 0 saturated heterocycles. The number of amides is 1. The molecule has 0 bridgehead atoms. The lowest BCUT2D eigenvalue weighted by atomic mass is 9.98. The molecule has 0 heterocycles. The summed E-state index contributed by atoms with van der Waals surface area (Å²) in [6.07, 6.45) is -1.92. The number of carbonyl (C=O) groups is 2. The van der Waals surface area contributed by atoms with E-state index in [1.165, 1.54) is 0 Å². The van der Waals surface area contributed by atoms with Crippen molar-refractivity contribution in [2.24, 2.45) is 0 Å². The van der Waals surface area contributed by atoms with Crippen molar-refractivity contribution in [2.75, 3.05) is 13.2 Å². The number of ketones is 1. The Labute approximate surface area is 191 Å². The molecule has 2 aliphatic carbocycles. The van der Waals surface area contributed by atoms with Crippen molar-refractivity contribution in [3.63, 3.8) is 0 Å². The van der Waals surface area contributed by atoms with Gasteiger partial charge in [0.25, 0.3) is 0 Å². The van der Waals surface area contributed by atoms with Crippen LogP contribution in [0.5, 0.6) is 0 Å². The number of aliphatic hydroxyl groups is 2. The Hall–Kier alpha value is -3.48. The molecule has 0 aromatic heterocycles. The Bertz CT molecular complexity index is 1180. The maximum atomic E-state index is 12.3. The van der Waals surface area contributed by atoms with Gasteiger partial charge in [0.15, 0.2) is 5.78 Å². The predicted octanol–water partition coefficient (Wildman–Crippen LogP) is 3.75. The third-order valence-electron chi connectivity index (χ3n) is 6.56. The molecule has 0 radical (unpaired) electrons. The van der Waals surface area contributed by atoms with Crippen LogP contribution in [-0.4, -0.2) is 41.3 Å². The van der Waals surface area contributed by atoms with Crippen LogP contribution in [0.3, 0.4) is 0 Å². The zero-order valence-electron chi connectivity index (χ0n) is 18.0. The molecule has 3 N–H and O–H groups in total. The average molecular weight is 443 g/mol. The quantitative estimate of drug-likeness (QED) is 0.539. The van der Waals surface area contributed by atoms with Gasteiger partial charge in [0.2, 0.25) is 0 Å². The van der Waals surface area contributed by atoms with Crippen LogP contribution in [0.15, 0.2) is 66.7 Å². The highest BCUT2D eigenvalue weighted by Crippen LogP contribution is 2.44. The van der Waals surface area contributed by atoms with E-state index >= 15 is 0 Å². The molecular formula is C27H25NO5. The third kappa shape index (κ3) is 4.03. The summed E-state index contributed by atoms with van der Waals surface area (Å²) in [6, 6.07) is 21.3. The van der Waals surface area contributed by atoms with E-state index in [2.05, 4.69) is 17.4 Å². The van der Waals surface area contributed by atoms with Crippen LogP contribution in [0.25, 0.3) is 11.1 Å². The SMILES string of the molecule is O=C(NCC(O)C(O)c1ccc2c(c1)CCC2=O)OCC1c2ccccc2-c2ccccc21. The number of aryl methyl sites for hydroxylation is 1. The molecule has 3 aromatic carbocycles. The normalized spacial score (nSPS) is 16.0. The number of benzene rings is 3. The van der Waals surface area contributed by atoms with E-state index in [4.69, 9.17) is 4.74 Å². The Morgan fingerprint density at radius 2 is 1.61 bits per heavy atom. The molecule has 1 amide bonds. The number of aliphatic hydroxyl groups excluding tert-OH is 2. The topological polar surface area (TPSA) is 95.9 Å². The van der Waals surface area contributed by atoms with Crippen molar-refractivity contribution in [2.45, 2.75) is 31.0 Å². The van der Waals surface area contributed by atoms with Crippen molar-refractivity contribution in [1.82, 2.24) is 5.32 Å². The Balaban J connectivity index is 1.17. The molecule has 6 nitrogen and oxygen atoms in total. The summed E-state index contributed by atoms with van der Waals surface area (Å²) < 4.78 is 5.47. The highest BCUT2D eigenvalue weighted by Gasteiger charge is 2.29. The Kier molecular flexibility index (Phi) is 5.70. The smallest absolute Gasteiger partial charge is 0.407 e. The van der Waals surface area contributed by atoms with Gasteiger partial charge in [0.1, 0.15) is 18.8 Å². The first-order chi connectivity index (χ1) is 16.0. The van der Waals surface area contributed by atoms with E-state index < -0.39 is 18.3 Å². The summed E-state index contributed by atoms with van der Waals surface area (Å²) in [5, 5.41) is 23.4. The van der Waals surface area contributed by atoms with Crippen LogP contribution in [0.4, 0.5) is 4.79 Å². The molecule has 0 spiro atoms. The maximum Gasteiger partial charge on any atom is 0.407 e. The number of hydrogen-bond donors (Lipinski definition) is 3. The number of fused-ring (bicyclic) bond motifs is 4. The molecule has 5 rings (SSSR count). The summed E-state index contributed by atoms with van der Waals surface area (Å²) in [7, 11) is 0. The molecule has 33 heavy (non-hydrogen) atoms. The summed E-state index contributed by atoms with van der Waals surface area (Å²) in [4.78, 5) is 24.1. The fourth-order valence-corrected chi connectivity index (χ4v) is 4.83. The van der Waals surface area contributed by atoms with Crippen LogP contribution in [0.1, 0.15) is 51.1 Å². The van der Waals surface area contributed by atoms with Crippen molar-refractivity contribution in [3.05, 3.63) is 94.5 Å². The number of ether oxygens (including phenoxy) is 1. The van der Waals surface area contributed by atoms with Crippen LogP contribution < -0.4 is 5.32 Å². The van der Waals surface area contributed by atoms with Gasteiger partial charge < -0.3 is 20.3 Å². The number of rotatable bonds is 6. The highest BCUT2D eigenvalue weighted by molar-refractivity contribution is 6.00. The molecule has 3 aromatic rings. The summed E-state index contributed by atoms with van der Waals surface area (Å²) in [6.45, 7) is 0.0191. The first-order valence-electron chi connectivity index (χ1n) is 11.1. The van der Waals surface area contributed by atoms with E-state index in [9.17, 15) is 19.8 Å². The van der Waals surface area contributed by atoms with Gasteiger partial charge in [0.05, 0.1) is 0 Å². The molecule has 2 aliphatic rings. The van der Waals surface area contributed by atoms with E-state index in [-0.39, 0.29) is 24.9 Å². The monoisotopic (exact) mass is 443 g/mol. The van der Waals surface area contributed by atoms with Gasteiger partial charge in [-0.25, -0.2) is 4.79 Å². The van der Waals surface area contributed by atoms with Gasteiger partial charge >= 0.3 is 6.09 Å². The van der Waals surface area contributed by atoms with Crippen molar-refractivity contribution < 1.29 is 24.5 Å². The lowest BCUT2D eigenvalue weighted by molar-refractivity contribution is 0.0185. The van der Waals surface area contributed by atoms with Crippen molar-refractivity contribution >= 4 is 11.9 Å². The number of nitrogens with one attached hydrogen (secondary N) is 1. The Morgan fingerprint density at radius 1 is 0.939 bits per heavy atom. The number of alkyl carbamates (subject to hydrolysis) is 1. The highest BCUT2D eigenvalue weighted by atomic mass is 16.5. The minimum absolute atomic E-state index is 0.0483. The summed E-state index contributed by atoms with van der Waals surface area (Å²) in [5.74, 6) is 0.0521. The molecule has 0 saturated carbocycles. The number of carbonyl (C=O) groups excluding carboxylic acids is 2. The molecule has 2 atom stereocenters. The fourth-order valence-electron chi connectivity index (χ4n) is 4.83. The summed E-state index contributed by atoms with van der Waals surface area (Å²) in [5.41, 5.74) is 6.62. The fraction of sp³-hybridized carbons (Fsp3) is 0.259. The van der Waals surface area contributed by atoms with Gasteiger partial charge in [0, 0.05) is 24.4 Å². The zero-order valence-corrected chi connectivity index (χ0v) is 18.0. The van der Waals surface area contributed by atoms with Crippen LogP contribution in [0, 0.1) is 0 Å². The lowest BCUT2D eigenvalue weighted by Gasteiger charge is -2.20. The van der Waals surface area contributed by atoms with E-state index in [1.54, 1.807) is 18.2 Å². The largest absolute Gasteiger partial charge is 0.449 e. The molecule has 2 unspecified atom stereocenters. The van der Waals surface area contributed by atoms with Gasteiger partial charge in [-0.1, -0.05) is 66.7 Å². The predicted molar refractivity (Wildman–Crippen MR) is 123 cm³/mol. The molecule has 168 valence electrons. The first-order valence-corrected chi connectivity index (χ1v) is 11.1. The molecular weight excluding hydrogens is 418 g/mol. The molecule has 0 fully saturated rings. The second-order valence-electron chi connectivity index (χ2n) is 8.56. The standard InChI is InChI=1S/C27H25NO5/c29-24-12-10-16-13-17(9-11-18(16)24)26(31)25(30)14-28-27(32)33-15-23-21-7-3-1-5-19(21)20-6-2-4-8-22(20)23/h1-9,11,13,23,25-26,30-31H,10,12,14-15H2,(H,28,32). The van der Waals surface area contributed by atoms with Gasteiger partial charge in [-0.15, -0.1) is 0 Å². The number of hydrogen-bond acceptors (Lipinski definition) is 5. The van der Waals surface area contributed by atoms with Gasteiger partial charge in [-0.2, -0.15) is 0 Å². The first kappa shape index (κ1) is 21.4. The third-order valence-corrected chi connectivity index (χ3v) is 6.56.